The summed E-state index contributed by atoms with van der Waals surface area (Å²) in [6.45, 7) is 4.70. The lowest BCUT2D eigenvalue weighted by Gasteiger charge is -2.21. The Hall–Kier alpha value is -3.29. The molecule has 29 heavy (non-hydrogen) atoms. The van der Waals surface area contributed by atoms with Crippen LogP contribution in [0.15, 0.2) is 33.5 Å². The highest BCUT2D eigenvalue weighted by molar-refractivity contribution is 5.93. The minimum absolute atomic E-state index is 0.0829. The number of carbonyl (C=O) groups excluding carboxylic acids is 1. The Kier molecular flexibility index (Phi) is 5.37. The van der Waals surface area contributed by atoms with Crippen LogP contribution < -0.4 is 16.1 Å². The van der Waals surface area contributed by atoms with Crippen molar-refractivity contribution in [3.05, 3.63) is 57.5 Å². The highest BCUT2D eigenvalue weighted by atomic mass is 19.1. The number of nitrogen functional groups attached to an aromatic ring is 1. The van der Waals surface area contributed by atoms with E-state index in [0.717, 1.165) is 12.1 Å². The summed E-state index contributed by atoms with van der Waals surface area (Å²) < 4.78 is 48.6. The number of nitrogens with zero attached hydrogens (tertiary/aromatic N) is 1. The molecule has 152 valence electrons. The molecule has 0 saturated heterocycles. The summed E-state index contributed by atoms with van der Waals surface area (Å²) in [5, 5.41) is -0.405. The zero-order chi connectivity index (χ0) is 21.5. The molecule has 2 aromatic carbocycles. The molecule has 0 aliphatic rings. The van der Waals surface area contributed by atoms with Gasteiger partial charge in [0.1, 0.15) is 11.6 Å². The van der Waals surface area contributed by atoms with Crippen molar-refractivity contribution in [3.8, 4) is 11.3 Å². The highest BCUT2D eigenvalue weighted by Crippen LogP contribution is 2.32. The van der Waals surface area contributed by atoms with Crippen LogP contribution in [0.4, 0.5) is 24.5 Å². The molecule has 1 amide bonds. The van der Waals surface area contributed by atoms with Crippen molar-refractivity contribution in [3.63, 3.8) is 0 Å². The Morgan fingerprint density at radius 1 is 1.17 bits per heavy atom. The van der Waals surface area contributed by atoms with Crippen molar-refractivity contribution in [1.29, 1.82) is 0 Å². The average molecular weight is 404 g/mol. The lowest BCUT2D eigenvalue weighted by molar-refractivity contribution is -0.116. The molecule has 1 heterocycles. The highest BCUT2D eigenvalue weighted by Gasteiger charge is 2.22. The van der Waals surface area contributed by atoms with Gasteiger partial charge in [-0.05, 0) is 31.5 Å². The number of anilines is 2. The maximum atomic E-state index is 14.7. The van der Waals surface area contributed by atoms with Crippen LogP contribution in [0.5, 0.6) is 0 Å². The summed E-state index contributed by atoms with van der Waals surface area (Å²) in [5.74, 6) is -3.20. The zero-order valence-corrected chi connectivity index (χ0v) is 16.1. The molecular formula is C21H19F3N2O3. The van der Waals surface area contributed by atoms with E-state index in [0.29, 0.717) is 13.0 Å². The average Bonchev–Trinajstić information content (AvgIpc) is 2.68. The first-order chi connectivity index (χ1) is 13.7. The van der Waals surface area contributed by atoms with Gasteiger partial charge in [0.05, 0.1) is 16.8 Å². The number of amides is 1. The quantitative estimate of drug-likeness (QED) is 0.648. The molecule has 5 nitrogen and oxygen atoms in total. The van der Waals surface area contributed by atoms with E-state index in [1.807, 2.05) is 6.92 Å². The van der Waals surface area contributed by atoms with E-state index in [1.165, 1.54) is 30.9 Å². The van der Waals surface area contributed by atoms with Crippen molar-refractivity contribution in [2.75, 3.05) is 17.2 Å². The van der Waals surface area contributed by atoms with Gasteiger partial charge in [-0.1, -0.05) is 6.92 Å². The van der Waals surface area contributed by atoms with Crippen LogP contribution in [0.1, 0.15) is 25.8 Å². The van der Waals surface area contributed by atoms with Crippen molar-refractivity contribution in [2.45, 2.75) is 27.2 Å². The molecule has 0 bridgehead atoms. The van der Waals surface area contributed by atoms with Gasteiger partial charge in [0.2, 0.25) is 5.91 Å². The molecular weight excluding hydrogens is 385 g/mol. The monoisotopic (exact) mass is 404 g/mol. The summed E-state index contributed by atoms with van der Waals surface area (Å²) in [5.41, 5.74) is 3.72. The molecule has 1 aromatic heterocycles. The van der Waals surface area contributed by atoms with Gasteiger partial charge >= 0.3 is 0 Å². The Morgan fingerprint density at radius 2 is 1.86 bits per heavy atom. The molecule has 0 radical (unpaired) electrons. The summed E-state index contributed by atoms with van der Waals surface area (Å²) in [6.07, 6.45) is 0.636. The fraction of sp³-hybridized carbons (Fsp3) is 0.238. The topological polar surface area (TPSA) is 76.5 Å². The number of fused-ring (bicyclic) bond motifs is 1. The normalized spacial score (nSPS) is 11.1. The fourth-order valence-corrected chi connectivity index (χ4v) is 3.17. The van der Waals surface area contributed by atoms with Gasteiger partial charge in [-0.2, -0.15) is 0 Å². The third-order valence-corrected chi connectivity index (χ3v) is 4.66. The number of benzene rings is 2. The van der Waals surface area contributed by atoms with Crippen molar-refractivity contribution < 1.29 is 22.4 Å². The van der Waals surface area contributed by atoms with Gasteiger partial charge in [0, 0.05) is 30.7 Å². The molecule has 0 unspecified atom stereocenters. The third-order valence-electron chi connectivity index (χ3n) is 4.66. The number of halogens is 3. The van der Waals surface area contributed by atoms with Crippen LogP contribution in [-0.2, 0) is 4.79 Å². The number of rotatable bonds is 4. The first kappa shape index (κ1) is 20.4. The Bertz CT molecular complexity index is 1190. The van der Waals surface area contributed by atoms with E-state index >= 15 is 0 Å². The molecule has 0 aliphatic heterocycles. The summed E-state index contributed by atoms with van der Waals surface area (Å²) in [4.78, 5) is 25.5. The second kappa shape index (κ2) is 7.62. The summed E-state index contributed by atoms with van der Waals surface area (Å²) in [6, 6.07) is 4.91. The summed E-state index contributed by atoms with van der Waals surface area (Å²) >= 11 is 0. The standard InChI is InChI=1S/C21H19F3N2O3/c1-4-7-26(11(3)27)14-6-5-12(8-13(14)22)16-9-15(28)17-20(25)18(23)10(2)19(24)21(17)29-16/h5-6,8-9H,4,7,25H2,1-3H3. The van der Waals surface area contributed by atoms with Crippen LogP contribution in [0.2, 0.25) is 0 Å². The Labute approximate surface area is 164 Å². The zero-order valence-electron chi connectivity index (χ0n) is 16.1. The number of hydrogen-bond donors (Lipinski definition) is 1. The van der Waals surface area contributed by atoms with E-state index in [1.54, 1.807) is 0 Å². The lowest BCUT2D eigenvalue weighted by Crippen LogP contribution is -2.29. The van der Waals surface area contributed by atoms with Gasteiger partial charge in [-0.15, -0.1) is 0 Å². The van der Waals surface area contributed by atoms with Crippen molar-refractivity contribution in [1.82, 2.24) is 0 Å². The molecule has 0 aliphatic carbocycles. The Morgan fingerprint density at radius 3 is 2.45 bits per heavy atom. The molecule has 0 saturated carbocycles. The minimum Gasteiger partial charge on any atom is -0.453 e. The minimum atomic E-state index is -1.05. The van der Waals surface area contributed by atoms with Gasteiger partial charge < -0.3 is 15.1 Å². The van der Waals surface area contributed by atoms with Gasteiger partial charge in [-0.25, -0.2) is 13.2 Å². The van der Waals surface area contributed by atoms with Crippen LogP contribution in [0.3, 0.4) is 0 Å². The molecule has 0 fully saturated rings. The lowest BCUT2D eigenvalue weighted by atomic mass is 10.1. The Balaban J connectivity index is 2.18. The van der Waals surface area contributed by atoms with E-state index in [9.17, 15) is 22.8 Å². The largest absolute Gasteiger partial charge is 0.453 e. The number of nitrogens with two attached hydrogens (primary N) is 1. The maximum Gasteiger partial charge on any atom is 0.223 e. The van der Waals surface area contributed by atoms with Crippen molar-refractivity contribution >= 4 is 28.3 Å². The van der Waals surface area contributed by atoms with Gasteiger partial charge in [-0.3, -0.25) is 9.59 Å². The smallest absolute Gasteiger partial charge is 0.223 e. The van der Waals surface area contributed by atoms with Crippen LogP contribution >= 0.6 is 0 Å². The molecule has 0 atom stereocenters. The molecule has 0 spiro atoms. The molecule has 2 N–H and O–H groups in total. The molecule has 3 aromatic rings. The predicted octanol–water partition coefficient (Wildman–Crippen LogP) is 4.53. The van der Waals surface area contributed by atoms with E-state index in [-0.39, 0.29) is 28.5 Å². The second-order valence-corrected chi connectivity index (χ2v) is 6.68. The third kappa shape index (κ3) is 3.46. The fourth-order valence-electron chi connectivity index (χ4n) is 3.17. The molecule has 8 heteroatoms. The SMILES string of the molecule is CCCN(C(C)=O)c1ccc(-c2cc(=O)c3c(N)c(F)c(C)c(F)c3o2)cc1F. The van der Waals surface area contributed by atoms with E-state index < -0.39 is 39.5 Å². The van der Waals surface area contributed by atoms with Crippen molar-refractivity contribution in [2.24, 2.45) is 0 Å². The van der Waals surface area contributed by atoms with Crippen LogP contribution in [-0.4, -0.2) is 12.5 Å². The number of carbonyl (C=O) groups is 1. The summed E-state index contributed by atoms with van der Waals surface area (Å²) in [7, 11) is 0. The molecule has 3 rings (SSSR count). The van der Waals surface area contributed by atoms with E-state index in [2.05, 4.69) is 0 Å². The van der Waals surface area contributed by atoms with Crippen LogP contribution in [0, 0.1) is 24.4 Å². The first-order valence-electron chi connectivity index (χ1n) is 8.96. The predicted molar refractivity (Wildman–Crippen MR) is 105 cm³/mol. The van der Waals surface area contributed by atoms with Gasteiger partial charge in [0.15, 0.2) is 22.6 Å². The first-order valence-corrected chi connectivity index (χ1v) is 8.96. The van der Waals surface area contributed by atoms with E-state index in [4.69, 9.17) is 10.2 Å². The van der Waals surface area contributed by atoms with Crippen LogP contribution in [0.25, 0.3) is 22.3 Å². The van der Waals surface area contributed by atoms with Gasteiger partial charge in [0.25, 0.3) is 0 Å². The number of hydrogen-bond acceptors (Lipinski definition) is 4. The maximum absolute atomic E-state index is 14.7. The second-order valence-electron chi connectivity index (χ2n) is 6.68.